The predicted octanol–water partition coefficient (Wildman–Crippen LogP) is 5.00. The van der Waals surface area contributed by atoms with Crippen LogP contribution < -0.4 is 10.6 Å². The molecule has 0 saturated heterocycles. The van der Waals surface area contributed by atoms with Gasteiger partial charge in [-0.3, -0.25) is 0 Å². The summed E-state index contributed by atoms with van der Waals surface area (Å²) in [5.41, 5.74) is 0.750. The Kier molecular flexibility index (Phi) is 5.74. The van der Waals surface area contributed by atoms with Crippen molar-refractivity contribution in [2.75, 3.05) is 5.32 Å². The summed E-state index contributed by atoms with van der Waals surface area (Å²) in [6.07, 6.45) is 7.59. The summed E-state index contributed by atoms with van der Waals surface area (Å²) < 4.78 is 0. The standard InChI is InChI=1S/C14H18Cl2N2S/c15-11-8-5-9-12(13(11)16)18-14(19)17-10-6-3-1-2-4-7-10/h5,8-10H,1-4,6-7H2,(H2,17,18,19). The molecule has 0 radical (unpaired) electrons. The minimum absolute atomic E-state index is 0.473. The second kappa shape index (κ2) is 7.32. The summed E-state index contributed by atoms with van der Waals surface area (Å²) in [4.78, 5) is 0. The Morgan fingerprint density at radius 1 is 1.11 bits per heavy atom. The van der Waals surface area contributed by atoms with E-state index in [1.165, 1.54) is 38.5 Å². The molecule has 5 heteroatoms. The Hall–Kier alpha value is -0.510. The van der Waals surface area contributed by atoms with Crippen LogP contribution in [0.3, 0.4) is 0 Å². The third-order valence-corrected chi connectivity index (χ3v) is 4.43. The van der Waals surface area contributed by atoms with E-state index in [0.29, 0.717) is 21.2 Å². The summed E-state index contributed by atoms with van der Waals surface area (Å²) in [5, 5.41) is 8.16. The number of nitrogens with one attached hydrogen (secondary N) is 2. The van der Waals surface area contributed by atoms with Crippen molar-refractivity contribution >= 4 is 46.2 Å². The molecule has 0 aliphatic heterocycles. The van der Waals surface area contributed by atoms with E-state index >= 15 is 0 Å². The van der Waals surface area contributed by atoms with E-state index < -0.39 is 0 Å². The molecule has 2 N–H and O–H groups in total. The maximum Gasteiger partial charge on any atom is 0.171 e. The fourth-order valence-corrected chi connectivity index (χ4v) is 2.99. The average Bonchev–Trinajstić information content (AvgIpc) is 2.63. The molecule has 1 saturated carbocycles. The summed E-state index contributed by atoms with van der Waals surface area (Å²) in [6.45, 7) is 0. The van der Waals surface area contributed by atoms with Crippen LogP contribution in [0.2, 0.25) is 10.0 Å². The zero-order chi connectivity index (χ0) is 13.7. The fraction of sp³-hybridized carbons (Fsp3) is 0.500. The Morgan fingerprint density at radius 2 is 1.79 bits per heavy atom. The first-order chi connectivity index (χ1) is 9.16. The number of hydrogen-bond acceptors (Lipinski definition) is 1. The SMILES string of the molecule is S=C(Nc1cccc(Cl)c1Cl)NC1CCCCCC1. The zero-order valence-electron chi connectivity index (χ0n) is 10.7. The minimum Gasteiger partial charge on any atom is -0.360 e. The zero-order valence-corrected chi connectivity index (χ0v) is 13.0. The van der Waals surface area contributed by atoms with E-state index in [1.54, 1.807) is 6.07 Å². The number of halogens is 2. The van der Waals surface area contributed by atoms with Crippen LogP contribution in [0.1, 0.15) is 38.5 Å². The highest BCUT2D eigenvalue weighted by Crippen LogP contribution is 2.29. The third-order valence-electron chi connectivity index (χ3n) is 3.39. The molecule has 2 rings (SSSR count). The second-order valence-corrected chi connectivity index (χ2v) is 6.08. The lowest BCUT2D eigenvalue weighted by Gasteiger charge is -2.19. The number of benzene rings is 1. The van der Waals surface area contributed by atoms with Crippen LogP contribution >= 0.6 is 35.4 Å². The van der Waals surface area contributed by atoms with Crippen molar-refractivity contribution in [1.29, 1.82) is 0 Å². The first kappa shape index (κ1) is 14.9. The highest BCUT2D eigenvalue weighted by molar-refractivity contribution is 7.80. The number of anilines is 1. The van der Waals surface area contributed by atoms with E-state index in [0.717, 1.165) is 5.69 Å². The van der Waals surface area contributed by atoms with Gasteiger partial charge in [-0.05, 0) is 37.2 Å². The van der Waals surface area contributed by atoms with Crippen molar-refractivity contribution in [2.24, 2.45) is 0 Å². The lowest BCUT2D eigenvalue weighted by molar-refractivity contribution is 0.535. The third kappa shape index (κ3) is 4.51. The van der Waals surface area contributed by atoms with Crippen LogP contribution in [-0.4, -0.2) is 11.2 Å². The van der Waals surface area contributed by atoms with Gasteiger partial charge in [0, 0.05) is 6.04 Å². The van der Waals surface area contributed by atoms with Gasteiger partial charge in [0.2, 0.25) is 0 Å². The number of thiocarbonyl (C=S) groups is 1. The molecule has 0 spiro atoms. The highest BCUT2D eigenvalue weighted by Gasteiger charge is 2.13. The largest absolute Gasteiger partial charge is 0.360 e. The first-order valence-electron chi connectivity index (χ1n) is 6.68. The summed E-state index contributed by atoms with van der Waals surface area (Å²) >= 11 is 17.4. The lowest BCUT2D eigenvalue weighted by atomic mass is 10.1. The van der Waals surface area contributed by atoms with Crippen LogP contribution in [0.15, 0.2) is 18.2 Å². The van der Waals surface area contributed by atoms with Gasteiger partial charge < -0.3 is 10.6 Å². The summed E-state index contributed by atoms with van der Waals surface area (Å²) in [5.74, 6) is 0. The Bertz CT molecular complexity index is 443. The molecule has 1 aromatic carbocycles. The van der Waals surface area contributed by atoms with Crippen LogP contribution in [0, 0.1) is 0 Å². The minimum atomic E-state index is 0.473. The number of hydrogen-bond donors (Lipinski definition) is 2. The van der Waals surface area contributed by atoms with Gasteiger partial charge >= 0.3 is 0 Å². The van der Waals surface area contributed by atoms with Crippen molar-refractivity contribution in [3.63, 3.8) is 0 Å². The first-order valence-corrected chi connectivity index (χ1v) is 7.85. The normalized spacial score (nSPS) is 16.7. The molecular formula is C14H18Cl2N2S. The molecule has 104 valence electrons. The van der Waals surface area contributed by atoms with E-state index in [-0.39, 0.29) is 0 Å². The van der Waals surface area contributed by atoms with Crippen LogP contribution in [0.4, 0.5) is 5.69 Å². The van der Waals surface area contributed by atoms with Gasteiger partial charge in [-0.25, -0.2) is 0 Å². The molecule has 0 aromatic heterocycles. The van der Waals surface area contributed by atoms with Crippen molar-refractivity contribution in [3.8, 4) is 0 Å². The molecule has 0 heterocycles. The second-order valence-electron chi connectivity index (χ2n) is 4.89. The van der Waals surface area contributed by atoms with Crippen molar-refractivity contribution in [1.82, 2.24) is 5.32 Å². The molecule has 1 aliphatic carbocycles. The molecule has 19 heavy (non-hydrogen) atoms. The Labute approximate surface area is 129 Å². The van der Waals surface area contributed by atoms with Crippen LogP contribution in [0.5, 0.6) is 0 Å². The van der Waals surface area contributed by atoms with E-state index in [2.05, 4.69) is 10.6 Å². The maximum absolute atomic E-state index is 6.12. The van der Waals surface area contributed by atoms with E-state index in [1.807, 2.05) is 12.1 Å². The van der Waals surface area contributed by atoms with Gasteiger partial charge in [0.05, 0.1) is 15.7 Å². The fourth-order valence-electron chi connectivity index (χ4n) is 2.37. The average molecular weight is 317 g/mol. The van der Waals surface area contributed by atoms with Crippen molar-refractivity contribution in [2.45, 2.75) is 44.6 Å². The molecule has 1 aliphatic rings. The van der Waals surface area contributed by atoms with Gasteiger partial charge in [-0.15, -0.1) is 0 Å². The molecule has 2 nitrogen and oxygen atoms in total. The van der Waals surface area contributed by atoms with Gasteiger partial charge in [0.15, 0.2) is 5.11 Å². The van der Waals surface area contributed by atoms with Gasteiger partial charge in [-0.2, -0.15) is 0 Å². The molecule has 1 fully saturated rings. The molecule has 1 aromatic rings. The summed E-state index contributed by atoms with van der Waals surface area (Å²) in [7, 11) is 0. The van der Waals surface area contributed by atoms with E-state index in [4.69, 9.17) is 35.4 Å². The predicted molar refractivity (Wildman–Crippen MR) is 87.3 cm³/mol. The molecule has 0 amide bonds. The topological polar surface area (TPSA) is 24.1 Å². The Morgan fingerprint density at radius 3 is 2.47 bits per heavy atom. The number of rotatable bonds is 2. The smallest absolute Gasteiger partial charge is 0.171 e. The van der Waals surface area contributed by atoms with E-state index in [9.17, 15) is 0 Å². The monoisotopic (exact) mass is 316 g/mol. The van der Waals surface area contributed by atoms with Crippen LogP contribution in [0.25, 0.3) is 0 Å². The van der Waals surface area contributed by atoms with Gasteiger partial charge in [0.1, 0.15) is 0 Å². The quantitative estimate of drug-likeness (QED) is 0.593. The summed E-state index contributed by atoms with van der Waals surface area (Å²) in [6, 6.07) is 5.96. The lowest BCUT2D eigenvalue weighted by Crippen LogP contribution is -2.37. The van der Waals surface area contributed by atoms with Crippen LogP contribution in [-0.2, 0) is 0 Å². The maximum atomic E-state index is 6.12. The molecule has 0 unspecified atom stereocenters. The van der Waals surface area contributed by atoms with Crippen molar-refractivity contribution in [3.05, 3.63) is 28.2 Å². The van der Waals surface area contributed by atoms with Crippen molar-refractivity contribution < 1.29 is 0 Å². The van der Waals surface area contributed by atoms with Gasteiger partial charge in [-0.1, -0.05) is 55.0 Å². The Balaban J connectivity index is 1.91. The van der Waals surface area contributed by atoms with Gasteiger partial charge in [0.25, 0.3) is 0 Å². The molecule has 0 bridgehead atoms. The molecular weight excluding hydrogens is 299 g/mol. The molecule has 0 atom stereocenters. The highest BCUT2D eigenvalue weighted by atomic mass is 35.5.